The number of aryl methyl sites for hydroxylation is 2. The van der Waals surface area contributed by atoms with Gasteiger partial charge >= 0.3 is 0 Å². The Bertz CT molecular complexity index is 675. The van der Waals surface area contributed by atoms with Crippen molar-refractivity contribution in [1.82, 2.24) is 14.8 Å². The van der Waals surface area contributed by atoms with Gasteiger partial charge in [0.25, 0.3) is 0 Å². The van der Waals surface area contributed by atoms with Gasteiger partial charge in [0.2, 0.25) is 0 Å². The van der Waals surface area contributed by atoms with E-state index in [1.165, 1.54) is 30.4 Å². The van der Waals surface area contributed by atoms with Gasteiger partial charge in [-0.05, 0) is 48.9 Å². The Morgan fingerprint density at radius 3 is 3.05 bits per heavy atom. The molecule has 1 aliphatic carbocycles. The molecule has 22 heavy (non-hydrogen) atoms. The van der Waals surface area contributed by atoms with E-state index in [1.54, 1.807) is 7.11 Å². The molecule has 1 atom stereocenters. The Kier molecular flexibility index (Phi) is 3.68. The first kappa shape index (κ1) is 13.9. The average molecular weight is 299 g/mol. The summed E-state index contributed by atoms with van der Waals surface area (Å²) in [5.41, 5.74) is 4.01. The van der Waals surface area contributed by atoms with Gasteiger partial charge in [-0.15, -0.1) is 0 Å². The molecule has 4 rings (SSSR count). The second-order valence-corrected chi connectivity index (χ2v) is 6.10. The van der Waals surface area contributed by atoms with Crippen LogP contribution in [0.5, 0.6) is 0 Å². The lowest BCUT2D eigenvalue weighted by atomic mass is 10.1. The van der Waals surface area contributed by atoms with E-state index < -0.39 is 0 Å². The van der Waals surface area contributed by atoms with Crippen molar-refractivity contribution in [2.24, 2.45) is 0 Å². The number of benzene rings is 1. The highest BCUT2D eigenvalue weighted by atomic mass is 16.5. The van der Waals surface area contributed by atoms with E-state index in [-0.39, 0.29) is 0 Å². The lowest BCUT2D eigenvalue weighted by Crippen LogP contribution is -2.05. The summed E-state index contributed by atoms with van der Waals surface area (Å²) >= 11 is 0. The van der Waals surface area contributed by atoms with Crippen molar-refractivity contribution in [3.63, 3.8) is 0 Å². The summed E-state index contributed by atoms with van der Waals surface area (Å²) in [7, 11) is 1.69. The van der Waals surface area contributed by atoms with Gasteiger partial charge in [0.1, 0.15) is 6.61 Å². The summed E-state index contributed by atoms with van der Waals surface area (Å²) in [5.74, 6) is 2.05. The molecule has 0 amide bonds. The van der Waals surface area contributed by atoms with Crippen molar-refractivity contribution >= 4 is 0 Å². The summed E-state index contributed by atoms with van der Waals surface area (Å²) in [4.78, 5) is 4.70. The van der Waals surface area contributed by atoms with Crippen molar-refractivity contribution < 1.29 is 9.47 Å². The molecule has 1 unspecified atom stereocenters. The van der Waals surface area contributed by atoms with E-state index in [1.807, 2.05) is 4.68 Å². The quantitative estimate of drug-likeness (QED) is 0.870. The fraction of sp³-hybridized carbons (Fsp3) is 0.529. The molecule has 1 saturated heterocycles. The van der Waals surface area contributed by atoms with Crippen LogP contribution in [0.25, 0.3) is 5.69 Å². The standard InChI is InChI=1S/C17H21N3O2/c1-21-11-16-18-17(14-7-8-22-10-14)19-20(16)15-6-5-12-3-2-4-13(12)9-15/h5-6,9,14H,2-4,7-8,10-11H2,1H3. The molecule has 1 aromatic carbocycles. The Labute approximate surface area is 130 Å². The maximum Gasteiger partial charge on any atom is 0.158 e. The number of fused-ring (bicyclic) bond motifs is 1. The average Bonchev–Trinajstić information content (AvgIpc) is 3.27. The predicted octanol–water partition coefficient (Wildman–Crippen LogP) is 2.41. The van der Waals surface area contributed by atoms with Gasteiger partial charge in [0, 0.05) is 19.6 Å². The zero-order chi connectivity index (χ0) is 14.9. The Hall–Kier alpha value is -1.72. The highest BCUT2D eigenvalue weighted by Gasteiger charge is 2.24. The first-order chi connectivity index (χ1) is 10.8. The zero-order valence-corrected chi connectivity index (χ0v) is 12.9. The topological polar surface area (TPSA) is 49.2 Å². The number of aromatic nitrogens is 3. The van der Waals surface area contributed by atoms with Gasteiger partial charge in [0.05, 0.1) is 12.3 Å². The van der Waals surface area contributed by atoms with Gasteiger partial charge in [-0.1, -0.05) is 6.07 Å². The fourth-order valence-corrected chi connectivity index (χ4v) is 3.39. The van der Waals surface area contributed by atoms with Crippen LogP contribution in [0.15, 0.2) is 18.2 Å². The first-order valence-corrected chi connectivity index (χ1v) is 8.00. The second kappa shape index (κ2) is 5.82. The molecular formula is C17H21N3O2. The van der Waals surface area contributed by atoms with Crippen molar-refractivity contribution in [1.29, 1.82) is 0 Å². The van der Waals surface area contributed by atoms with Crippen molar-refractivity contribution in [3.05, 3.63) is 41.0 Å². The van der Waals surface area contributed by atoms with Crippen LogP contribution in [-0.2, 0) is 28.9 Å². The summed E-state index contributed by atoms with van der Waals surface area (Å²) < 4.78 is 12.7. The molecule has 2 aliphatic rings. The summed E-state index contributed by atoms with van der Waals surface area (Å²) in [6, 6.07) is 6.63. The highest BCUT2D eigenvalue weighted by Crippen LogP contribution is 2.27. The normalized spacial score (nSPS) is 20.5. The number of methoxy groups -OCH3 is 1. The van der Waals surface area contributed by atoms with E-state index in [9.17, 15) is 0 Å². The molecule has 0 saturated carbocycles. The molecule has 2 heterocycles. The maximum atomic E-state index is 5.47. The third kappa shape index (κ3) is 2.44. The molecule has 5 heteroatoms. The van der Waals surface area contributed by atoms with Crippen LogP contribution in [0.1, 0.15) is 41.5 Å². The molecule has 0 spiro atoms. The van der Waals surface area contributed by atoms with Gasteiger partial charge in [0.15, 0.2) is 11.6 Å². The van der Waals surface area contributed by atoms with E-state index in [4.69, 9.17) is 19.6 Å². The number of hydrogen-bond donors (Lipinski definition) is 0. The van der Waals surface area contributed by atoms with E-state index in [2.05, 4.69) is 18.2 Å². The smallest absolute Gasteiger partial charge is 0.158 e. The van der Waals surface area contributed by atoms with E-state index in [0.717, 1.165) is 37.0 Å². The van der Waals surface area contributed by atoms with Gasteiger partial charge in [-0.3, -0.25) is 0 Å². The van der Waals surface area contributed by atoms with Gasteiger partial charge in [-0.2, -0.15) is 5.10 Å². The number of nitrogens with zero attached hydrogens (tertiary/aromatic N) is 3. The number of ether oxygens (including phenoxy) is 2. The Morgan fingerprint density at radius 1 is 1.32 bits per heavy atom. The van der Waals surface area contributed by atoms with Crippen LogP contribution >= 0.6 is 0 Å². The first-order valence-electron chi connectivity index (χ1n) is 8.00. The lowest BCUT2D eigenvalue weighted by Gasteiger charge is -2.07. The molecule has 1 fully saturated rings. The van der Waals surface area contributed by atoms with Crippen LogP contribution in [0.2, 0.25) is 0 Å². The minimum absolute atomic E-state index is 0.311. The number of hydrogen-bond acceptors (Lipinski definition) is 4. The Morgan fingerprint density at radius 2 is 2.23 bits per heavy atom. The fourth-order valence-electron chi connectivity index (χ4n) is 3.39. The predicted molar refractivity (Wildman–Crippen MR) is 82.3 cm³/mol. The van der Waals surface area contributed by atoms with Crippen molar-refractivity contribution in [3.8, 4) is 5.69 Å². The third-order valence-corrected chi connectivity index (χ3v) is 4.59. The minimum atomic E-state index is 0.311. The molecular weight excluding hydrogens is 278 g/mol. The van der Waals surface area contributed by atoms with Gasteiger partial charge in [-0.25, -0.2) is 9.67 Å². The summed E-state index contributed by atoms with van der Waals surface area (Å²) in [6.45, 7) is 2.00. The minimum Gasteiger partial charge on any atom is -0.381 e. The van der Waals surface area contributed by atoms with Crippen molar-refractivity contribution in [2.45, 2.75) is 38.2 Å². The SMILES string of the molecule is COCc1nc(C2CCOC2)nn1-c1ccc2c(c1)CCC2. The largest absolute Gasteiger partial charge is 0.381 e. The highest BCUT2D eigenvalue weighted by molar-refractivity contribution is 5.42. The number of rotatable bonds is 4. The van der Waals surface area contributed by atoms with Crippen LogP contribution in [0.3, 0.4) is 0 Å². The van der Waals surface area contributed by atoms with Crippen LogP contribution in [-0.4, -0.2) is 35.1 Å². The van der Waals surface area contributed by atoms with Crippen molar-refractivity contribution in [2.75, 3.05) is 20.3 Å². The molecule has 1 aliphatic heterocycles. The summed E-state index contributed by atoms with van der Waals surface area (Å²) in [6.07, 6.45) is 4.62. The molecule has 0 bridgehead atoms. The van der Waals surface area contributed by atoms with Crippen LogP contribution in [0.4, 0.5) is 0 Å². The van der Waals surface area contributed by atoms with E-state index >= 15 is 0 Å². The lowest BCUT2D eigenvalue weighted by molar-refractivity contribution is 0.175. The zero-order valence-electron chi connectivity index (χ0n) is 12.9. The van der Waals surface area contributed by atoms with Gasteiger partial charge < -0.3 is 9.47 Å². The third-order valence-electron chi connectivity index (χ3n) is 4.59. The summed E-state index contributed by atoms with van der Waals surface area (Å²) in [5, 5.41) is 4.75. The molecule has 5 nitrogen and oxygen atoms in total. The van der Waals surface area contributed by atoms with Crippen LogP contribution in [0, 0.1) is 0 Å². The molecule has 116 valence electrons. The molecule has 1 aromatic heterocycles. The van der Waals surface area contributed by atoms with E-state index in [0.29, 0.717) is 12.5 Å². The molecule has 0 N–H and O–H groups in total. The second-order valence-electron chi connectivity index (χ2n) is 6.10. The molecule has 0 radical (unpaired) electrons. The Balaban J connectivity index is 1.72. The monoisotopic (exact) mass is 299 g/mol. The molecule has 2 aromatic rings. The van der Waals surface area contributed by atoms with Crippen LogP contribution < -0.4 is 0 Å². The maximum absolute atomic E-state index is 5.47.